The minimum Gasteiger partial charge on any atom is -0.548 e. The smallest absolute Gasteiger partial charge is 0.548 e. The second-order valence-corrected chi connectivity index (χ2v) is 6.24. The van der Waals surface area contributed by atoms with Gasteiger partial charge in [0.2, 0.25) is 11.8 Å². The molecule has 0 spiro atoms. The number of carbonyl (C=O) groups is 6. The molecule has 14 nitrogen and oxygen atoms in total. The van der Waals surface area contributed by atoms with Crippen molar-refractivity contribution in [3.63, 3.8) is 0 Å². The van der Waals surface area contributed by atoms with Crippen molar-refractivity contribution in [2.24, 2.45) is 22.9 Å². The molecule has 0 aromatic heterocycles. The van der Waals surface area contributed by atoms with Crippen LogP contribution in [0, 0.1) is 0 Å². The van der Waals surface area contributed by atoms with E-state index in [1.807, 2.05) is 0 Å². The van der Waals surface area contributed by atoms with Crippen molar-refractivity contribution in [2.45, 2.75) is 44.7 Å². The Balaban J connectivity index is -0.000000424. The van der Waals surface area contributed by atoms with Gasteiger partial charge in [0.05, 0.1) is 17.9 Å². The number of carboxylic acid groups (broad SMARTS) is 3. The fourth-order valence-corrected chi connectivity index (χ4v) is 1.71. The molecule has 2 amide bonds. The molecule has 0 bridgehead atoms. The number of aromatic carboxylic acids is 1. The maximum atomic E-state index is 10.6. The van der Waals surface area contributed by atoms with Crippen LogP contribution < -0.4 is 43.0 Å². The third kappa shape index (κ3) is 19.2. The Kier molecular flexibility index (Phi) is 19.6. The van der Waals surface area contributed by atoms with Crippen LogP contribution in [-0.4, -0.2) is 65.1 Å². The zero-order chi connectivity index (χ0) is 26.1. The molecule has 15 heteroatoms. The van der Waals surface area contributed by atoms with E-state index < -0.39 is 47.8 Å². The minimum atomic E-state index is -1.36. The molecular formula is C19H25AlN4O10. The van der Waals surface area contributed by atoms with Crippen molar-refractivity contribution in [3.8, 4) is 5.75 Å². The fourth-order valence-electron chi connectivity index (χ4n) is 1.71. The molecule has 184 valence electrons. The number of para-hydroxylation sites is 1. The Hall–Kier alpha value is -3.51. The molecule has 0 saturated carbocycles. The van der Waals surface area contributed by atoms with Gasteiger partial charge in [-0.3, -0.25) is 14.4 Å². The number of amides is 2. The van der Waals surface area contributed by atoms with Gasteiger partial charge in [-0.25, -0.2) is 0 Å². The Morgan fingerprint density at radius 2 is 1.21 bits per heavy atom. The summed E-state index contributed by atoms with van der Waals surface area (Å²) in [6.45, 7) is 1.20. The molecule has 0 heterocycles. The van der Waals surface area contributed by atoms with Crippen molar-refractivity contribution >= 4 is 53.1 Å². The zero-order valence-corrected chi connectivity index (χ0v) is 19.4. The summed E-state index contributed by atoms with van der Waals surface area (Å²) in [4.78, 5) is 61.1. The number of hydrogen-bond acceptors (Lipinski definition) is 12. The molecule has 34 heavy (non-hydrogen) atoms. The summed E-state index contributed by atoms with van der Waals surface area (Å²) in [6.07, 6.45) is 0.0413. The standard InChI is InChI=1S/C9H8O4.2C5H10N2O3.Al/c1-6(10)13-8-5-3-2-4-7(8)9(11)12;2*6-3(5(9)10)1-2-4(7)8;/h2-5H,1H3,(H,11,12);2*3H,1-2,6H2,(H2,7,8)(H,9,10);/q;;;+3/p-3. The third-order valence-electron chi connectivity index (χ3n) is 3.37. The van der Waals surface area contributed by atoms with E-state index in [9.17, 15) is 44.1 Å². The first kappa shape index (κ1) is 35.1. The fraction of sp³-hybridized carbons (Fsp3) is 0.368. The van der Waals surface area contributed by atoms with Crippen LogP contribution in [0.3, 0.4) is 0 Å². The van der Waals surface area contributed by atoms with E-state index in [1.54, 1.807) is 6.07 Å². The molecule has 0 saturated heterocycles. The van der Waals surface area contributed by atoms with Crippen LogP contribution in [0.25, 0.3) is 0 Å². The first-order valence-corrected chi connectivity index (χ1v) is 9.17. The summed E-state index contributed by atoms with van der Waals surface area (Å²) in [5, 5.41) is 30.3. The number of ether oxygens (including phenoxy) is 1. The normalized spacial score (nSPS) is 10.9. The average molecular weight is 496 g/mol. The number of nitrogens with two attached hydrogens (primary N) is 4. The second kappa shape index (κ2) is 19.0. The van der Waals surface area contributed by atoms with Crippen LogP contribution in [0.4, 0.5) is 0 Å². The molecule has 0 aliphatic carbocycles. The van der Waals surface area contributed by atoms with Crippen LogP contribution in [0.5, 0.6) is 5.75 Å². The molecule has 2 atom stereocenters. The molecule has 0 aliphatic heterocycles. The predicted octanol–water partition coefficient (Wildman–Crippen LogP) is -5.75. The number of carbonyl (C=O) groups excluding carboxylic acids is 6. The van der Waals surface area contributed by atoms with Crippen molar-refractivity contribution in [2.75, 3.05) is 0 Å². The third-order valence-corrected chi connectivity index (χ3v) is 3.37. The van der Waals surface area contributed by atoms with Gasteiger partial charge in [-0.05, 0) is 25.0 Å². The predicted molar refractivity (Wildman–Crippen MR) is 111 cm³/mol. The van der Waals surface area contributed by atoms with E-state index in [0.29, 0.717) is 0 Å². The summed E-state index contributed by atoms with van der Waals surface area (Å²) in [7, 11) is 0. The molecule has 0 radical (unpaired) electrons. The Labute approximate surface area is 205 Å². The van der Waals surface area contributed by atoms with Gasteiger partial charge < -0.3 is 57.4 Å². The summed E-state index contributed by atoms with van der Waals surface area (Å²) >= 11 is 0. The number of esters is 1. The quantitative estimate of drug-likeness (QED) is 0.134. The molecule has 8 N–H and O–H groups in total. The second-order valence-electron chi connectivity index (χ2n) is 6.24. The van der Waals surface area contributed by atoms with Crippen molar-refractivity contribution in [1.82, 2.24) is 0 Å². The van der Waals surface area contributed by atoms with E-state index in [1.165, 1.54) is 25.1 Å². The monoisotopic (exact) mass is 496 g/mol. The van der Waals surface area contributed by atoms with Crippen LogP contribution in [0.1, 0.15) is 43.0 Å². The van der Waals surface area contributed by atoms with Crippen LogP contribution >= 0.6 is 0 Å². The Morgan fingerprint density at radius 1 is 0.824 bits per heavy atom. The topological polar surface area (TPSA) is 285 Å². The van der Waals surface area contributed by atoms with Crippen LogP contribution in [-0.2, 0) is 24.0 Å². The van der Waals surface area contributed by atoms with E-state index in [4.69, 9.17) is 22.9 Å². The van der Waals surface area contributed by atoms with Gasteiger partial charge in [0, 0.05) is 37.4 Å². The van der Waals surface area contributed by atoms with Gasteiger partial charge in [-0.15, -0.1) is 0 Å². The first-order valence-electron chi connectivity index (χ1n) is 9.17. The van der Waals surface area contributed by atoms with Gasteiger partial charge in [0.1, 0.15) is 5.75 Å². The Bertz CT molecular complexity index is 816. The first-order chi connectivity index (χ1) is 15.2. The molecule has 1 aromatic rings. The maximum absolute atomic E-state index is 10.6. The van der Waals surface area contributed by atoms with Crippen molar-refractivity contribution in [1.29, 1.82) is 0 Å². The van der Waals surface area contributed by atoms with Gasteiger partial charge in [-0.2, -0.15) is 0 Å². The number of primary amides is 2. The molecular weight excluding hydrogens is 471 g/mol. The molecule has 1 aromatic carbocycles. The molecule has 0 aliphatic rings. The van der Waals surface area contributed by atoms with Gasteiger partial charge in [0.25, 0.3) is 0 Å². The summed E-state index contributed by atoms with van der Waals surface area (Å²) < 4.78 is 4.65. The van der Waals surface area contributed by atoms with E-state index >= 15 is 0 Å². The van der Waals surface area contributed by atoms with E-state index in [2.05, 4.69) is 4.74 Å². The molecule has 1 rings (SSSR count). The summed E-state index contributed by atoms with van der Waals surface area (Å²) in [6, 6.07) is 3.63. The largest absolute Gasteiger partial charge is 3.00 e. The molecule has 0 fully saturated rings. The molecule has 2 unspecified atom stereocenters. The summed E-state index contributed by atoms with van der Waals surface area (Å²) in [5.74, 6) is -5.75. The van der Waals surface area contributed by atoms with E-state index in [-0.39, 0.29) is 54.4 Å². The number of rotatable bonds is 10. The zero-order valence-electron chi connectivity index (χ0n) is 18.3. The number of aliphatic carboxylic acids is 2. The average Bonchev–Trinajstić information content (AvgIpc) is 2.70. The van der Waals surface area contributed by atoms with Gasteiger partial charge in [0.15, 0.2) is 0 Å². The minimum absolute atomic E-state index is 0. The maximum Gasteiger partial charge on any atom is 3.00 e. The van der Waals surface area contributed by atoms with E-state index in [0.717, 1.165) is 0 Å². The Morgan fingerprint density at radius 3 is 1.50 bits per heavy atom. The summed E-state index contributed by atoms with van der Waals surface area (Å²) in [5.41, 5.74) is 19.3. The number of benzene rings is 1. The van der Waals surface area contributed by atoms with Crippen molar-refractivity contribution < 1.29 is 48.8 Å². The number of hydrogen-bond donors (Lipinski definition) is 4. The van der Waals surface area contributed by atoms with Crippen LogP contribution in [0.2, 0.25) is 0 Å². The SMILES string of the molecule is CC(=O)Oc1ccccc1C(=O)[O-].NC(=O)CCC(N)C(=O)[O-].NC(=O)CCC(N)C(=O)[O-].[Al+3]. The van der Waals surface area contributed by atoms with Gasteiger partial charge >= 0.3 is 23.3 Å². The number of carboxylic acids is 3. The van der Waals surface area contributed by atoms with Gasteiger partial charge in [-0.1, -0.05) is 12.1 Å². The van der Waals surface area contributed by atoms with Crippen LogP contribution in [0.15, 0.2) is 24.3 Å². The van der Waals surface area contributed by atoms with Crippen molar-refractivity contribution in [3.05, 3.63) is 29.8 Å².